The molecule has 0 saturated carbocycles. The Labute approximate surface area is 191 Å². The van der Waals surface area contributed by atoms with Crippen molar-refractivity contribution in [2.24, 2.45) is 0 Å². The second-order valence-electron chi connectivity index (χ2n) is 7.55. The molecule has 0 aliphatic carbocycles. The van der Waals surface area contributed by atoms with E-state index in [1.165, 1.54) is 36.2 Å². The van der Waals surface area contributed by atoms with Crippen molar-refractivity contribution in [1.29, 1.82) is 0 Å². The molecule has 13 heteroatoms. The zero-order valence-corrected chi connectivity index (χ0v) is 18.0. The average Bonchev–Trinajstić information content (AvgIpc) is 3.18. The molecule has 0 saturated heterocycles. The van der Waals surface area contributed by atoms with Crippen LogP contribution in [-0.4, -0.2) is 66.9 Å². The number of nitrogens with one attached hydrogen (secondary N) is 3. The number of anilines is 1. The quantitative estimate of drug-likeness (QED) is 0.251. The van der Waals surface area contributed by atoms with E-state index in [9.17, 15) is 29.1 Å². The van der Waals surface area contributed by atoms with Gasteiger partial charge in [0.05, 0.1) is 11.9 Å². The van der Waals surface area contributed by atoms with Crippen LogP contribution in [0.1, 0.15) is 39.3 Å². The number of hydrogen-bond acceptors (Lipinski definition) is 7. The summed E-state index contributed by atoms with van der Waals surface area (Å²) in [6, 6.07) is 5.84. The van der Waals surface area contributed by atoms with Crippen molar-refractivity contribution < 1.29 is 29.4 Å². The Bertz CT molecular complexity index is 1330. The van der Waals surface area contributed by atoms with Gasteiger partial charge in [0.1, 0.15) is 11.7 Å². The van der Waals surface area contributed by atoms with Gasteiger partial charge in [-0.3, -0.25) is 24.2 Å². The molecule has 0 aliphatic rings. The van der Waals surface area contributed by atoms with Crippen LogP contribution < -0.4 is 16.6 Å². The number of nitrogen functional groups attached to an aromatic ring is 1. The van der Waals surface area contributed by atoms with Gasteiger partial charge in [-0.25, -0.2) is 4.79 Å². The second kappa shape index (κ2) is 9.85. The minimum absolute atomic E-state index is 0.0395. The van der Waals surface area contributed by atoms with Gasteiger partial charge in [-0.2, -0.15) is 4.98 Å². The van der Waals surface area contributed by atoms with Crippen molar-refractivity contribution in [3.05, 3.63) is 57.5 Å². The van der Waals surface area contributed by atoms with Crippen LogP contribution >= 0.6 is 0 Å². The van der Waals surface area contributed by atoms with Crippen molar-refractivity contribution in [2.45, 2.75) is 25.4 Å². The first kappa shape index (κ1) is 24.0. The van der Waals surface area contributed by atoms with E-state index in [0.29, 0.717) is 11.1 Å². The summed E-state index contributed by atoms with van der Waals surface area (Å²) in [5, 5.41) is 20.5. The summed E-state index contributed by atoms with van der Waals surface area (Å²) in [6.07, 6.45) is -0.714. The minimum atomic E-state index is -1.39. The second-order valence-corrected chi connectivity index (χ2v) is 7.55. The van der Waals surface area contributed by atoms with Gasteiger partial charge in [0.2, 0.25) is 5.95 Å². The number of carboxylic acids is 2. The SMILES string of the molecule is CN(Cc1cc2c(=O)[nH]c(N)nc2[nH]1)C(=O)c1cccc(C(=O)N[C@@H](CCC(=O)O)C(=O)O)c1. The number of aromatic amines is 2. The summed E-state index contributed by atoms with van der Waals surface area (Å²) in [5.74, 6) is -3.78. The van der Waals surface area contributed by atoms with Crippen molar-refractivity contribution in [2.75, 3.05) is 12.8 Å². The molecular weight excluding hydrogens is 448 g/mol. The van der Waals surface area contributed by atoms with E-state index < -0.39 is 41.8 Å². The number of aromatic nitrogens is 3. The Morgan fingerprint density at radius 3 is 2.53 bits per heavy atom. The molecule has 13 nitrogen and oxygen atoms in total. The van der Waals surface area contributed by atoms with E-state index in [0.717, 1.165) is 0 Å². The summed E-state index contributed by atoms with van der Waals surface area (Å²) >= 11 is 0. The van der Waals surface area contributed by atoms with Crippen LogP contribution in [0.25, 0.3) is 11.0 Å². The molecule has 7 N–H and O–H groups in total. The molecule has 2 amide bonds. The van der Waals surface area contributed by atoms with E-state index in [4.69, 9.17) is 10.8 Å². The number of carboxylic acid groups (broad SMARTS) is 2. The molecule has 3 rings (SSSR count). The van der Waals surface area contributed by atoms with E-state index in [2.05, 4.69) is 20.3 Å². The van der Waals surface area contributed by atoms with Crippen molar-refractivity contribution in [3.8, 4) is 0 Å². The Hall–Kier alpha value is -4.68. The fraction of sp³-hybridized carbons (Fsp3) is 0.238. The highest BCUT2D eigenvalue weighted by molar-refractivity contribution is 6.00. The van der Waals surface area contributed by atoms with Crippen LogP contribution in [0, 0.1) is 0 Å². The zero-order valence-electron chi connectivity index (χ0n) is 18.0. The largest absolute Gasteiger partial charge is 0.481 e. The first-order valence-electron chi connectivity index (χ1n) is 10.0. The Balaban J connectivity index is 1.72. The maximum Gasteiger partial charge on any atom is 0.326 e. The van der Waals surface area contributed by atoms with Gasteiger partial charge in [0.25, 0.3) is 17.4 Å². The van der Waals surface area contributed by atoms with Crippen LogP contribution in [0.4, 0.5) is 5.95 Å². The van der Waals surface area contributed by atoms with Gasteiger partial charge in [-0.05, 0) is 30.7 Å². The molecule has 178 valence electrons. The molecule has 0 spiro atoms. The lowest BCUT2D eigenvalue weighted by Crippen LogP contribution is -2.41. The topological polar surface area (TPSA) is 212 Å². The molecule has 2 aromatic heterocycles. The number of fused-ring (bicyclic) bond motifs is 1. The maximum atomic E-state index is 12.9. The number of carbonyl (C=O) groups is 4. The molecule has 2 heterocycles. The lowest BCUT2D eigenvalue weighted by molar-refractivity contribution is -0.140. The van der Waals surface area contributed by atoms with Crippen LogP contribution in [0.3, 0.4) is 0 Å². The molecule has 1 aromatic carbocycles. The third kappa shape index (κ3) is 5.56. The molecule has 1 atom stereocenters. The molecule has 0 fully saturated rings. The normalized spacial score (nSPS) is 11.7. The van der Waals surface area contributed by atoms with Crippen LogP contribution in [0.2, 0.25) is 0 Å². The van der Waals surface area contributed by atoms with Gasteiger partial charge in [-0.1, -0.05) is 6.07 Å². The van der Waals surface area contributed by atoms with Crippen LogP contribution in [-0.2, 0) is 16.1 Å². The highest BCUT2D eigenvalue weighted by Gasteiger charge is 2.22. The minimum Gasteiger partial charge on any atom is -0.481 e. The molecule has 0 aliphatic heterocycles. The van der Waals surface area contributed by atoms with Gasteiger partial charge >= 0.3 is 11.9 Å². The van der Waals surface area contributed by atoms with Gasteiger partial charge in [0, 0.05) is 30.3 Å². The van der Waals surface area contributed by atoms with Crippen molar-refractivity contribution >= 4 is 40.7 Å². The standard InChI is InChI=1S/C21H22N6O7/c1-27(9-12-8-13-16(23-12)25-21(22)26-18(13)31)19(32)11-4-2-3-10(7-11)17(30)24-14(20(33)34)5-6-15(28)29/h2-4,7-8,14H,5-6,9H2,1H3,(H,24,30)(H,28,29)(H,33,34)(H4,22,23,25,26,31)/t14-/m0/s1. The molecule has 0 bridgehead atoms. The van der Waals surface area contributed by atoms with Gasteiger partial charge < -0.3 is 31.1 Å². The lowest BCUT2D eigenvalue weighted by atomic mass is 10.1. The Kier molecular flexibility index (Phi) is 6.95. The monoisotopic (exact) mass is 470 g/mol. The number of rotatable bonds is 9. The molecule has 0 radical (unpaired) electrons. The number of carbonyl (C=O) groups excluding carboxylic acids is 2. The number of hydrogen-bond donors (Lipinski definition) is 6. The van der Waals surface area contributed by atoms with Crippen LogP contribution in [0.15, 0.2) is 35.1 Å². The average molecular weight is 470 g/mol. The summed E-state index contributed by atoms with van der Waals surface area (Å²) in [5.41, 5.74) is 6.14. The molecule has 3 aromatic rings. The first-order valence-corrected chi connectivity index (χ1v) is 10.0. The van der Waals surface area contributed by atoms with E-state index in [-0.39, 0.29) is 35.7 Å². The lowest BCUT2D eigenvalue weighted by Gasteiger charge is -2.17. The van der Waals surface area contributed by atoms with E-state index in [1.54, 1.807) is 6.07 Å². The highest BCUT2D eigenvalue weighted by Crippen LogP contribution is 2.14. The molecular formula is C21H22N6O7. The Morgan fingerprint density at radius 1 is 1.15 bits per heavy atom. The highest BCUT2D eigenvalue weighted by atomic mass is 16.4. The predicted octanol–water partition coefficient (Wildman–Crippen LogP) is 0.153. The maximum absolute atomic E-state index is 12.9. The zero-order chi connectivity index (χ0) is 25.0. The predicted molar refractivity (Wildman–Crippen MR) is 119 cm³/mol. The van der Waals surface area contributed by atoms with Crippen molar-refractivity contribution in [1.82, 2.24) is 25.2 Å². The number of aliphatic carboxylic acids is 2. The number of H-pyrrole nitrogens is 2. The fourth-order valence-electron chi connectivity index (χ4n) is 3.28. The smallest absolute Gasteiger partial charge is 0.326 e. The number of benzene rings is 1. The fourth-order valence-corrected chi connectivity index (χ4v) is 3.28. The van der Waals surface area contributed by atoms with E-state index >= 15 is 0 Å². The number of amides is 2. The summed E-state index contributed by atoms with van der Waals surface area (Å²) in [7, 11) is 1.53. The summed E-state index contributed by atoms with van der Waals surface area (Å²) in [6.45, 7) is 0.0985. The first-order chi connectivity index (χ1) is 16.0. The van der Waals surface area contributed by atoms with Gasteiger partial charge in [0.15, 0.2) is 0 Å². The summed E-state index contributed by atoms with van der Waals surface area (Å²) in [4.78, 5) is 70.0. The molecule has 0 unspecified atom stereocenters. The summed E-state index contributed by atoms with van der Waals surface area (Å²) < 4.78 is 0. The van der Waals surface area contributed by atoms with E-state index in [1.807, 2.05) is 0 Å². The molecule has 34 heavy (non-hydrogen) atoms. The van der Waals surface area contributed by atoms with Gasteiger partial charge in [-0.15, -0.1) is 0 Å². The van der Waals surface area contributed by atoms with Crippen molar-refractivity contribution in [3.63, 3.8) is 0 Å². The number of nitrogens with zero attached hydrogens (tertiary/aromatic N) is 2. The third-order valence-electron chi connectivity index (χ3n) is 4.95. The Morgan fingerprint density at radius 2 is 1.85 bits per heavy atom. The number of nitrogens with two attached hydrogens (primary N) is 1. The van der Waals surface area contributed by atoms with Crippen LogP contribution in [0.5, 0.6) is 0 Å². The third-order valence-corrected chi connectivity index (χ3v) is 4.95.